The zero-order chi connectivity index (χ0) is 19.9. The van der Waals surface area contributed by atoms with Crippen LogP contribution in [0.4, 0.5) is 0 Å². The second-order valence-electron chi connectivity index (χ2n) is 6.26. The van der Waals surface area contributed by atoms with Crippen molar-refractivity contribution < 1.29 is 13.5 Å². The van der Waals surface area contributed by atoms with Gasteiger partial charge in [-0.2, -0.15) is 4.68 Å². The molecule has 8 nitrogen and oxygen atoms in total. The van der Waals surface area contributed by atoms with Crippen molar-refractivity contribution in [2.24, 2.45) is 0 Å². The van der Waals surface area contributed by atoms with Gasteiger partial charge in [-0.15, -0.1) is 9.40 Å². The minimum atomic E-state index is -3.74. The fourth-order valence-corrected chi connectivity index (χ4v) is 4.72. The van der Waals surface area contributed by atoms with Crippen LogP contribution in [0.2, 0.25) is 5.02 Å². The van der Waals surface area contributed by atoms with Crippen molar-refractivity contribution in [3.05, 3.63) is 69.9 Å². The molecule has 3 aromatic rings. The van der Waals surface area contributed by atoms with Crippen molar-refractivity contribution in [2.45, 2.75) is 18.0 Å². The van der Waals surface area contributed by atoms with Crippen LogP contribution < -0.4 is 10.4 Å². The number of hydrogen-bond acceptors (Lipinski definition) is 5. The zero-order valence-corrected chi connectivity index (χ0v) is 16.5. The van der Waals surface area contributed by atoms with Crippen LogP contribution >= 0.6 is 11.6 Å². The first-order chi connectivity index (χ1) is 13.4. The van der Waals surface area contributed by atoms with Crippen LogP contribution in [0.5, 0.6) is 5.75 Å². The van der Waals surface area contributed by atoms with Crippen LogP contribution in [0.3, 0.4) is 0 Å². The summed E-state index contributed by atoms with van der Waals surface area (Å²) in [7, 11) is -2.26. The predicted molar refractivity (Wildman–Crippen MR) is 103 cm³/mol. The van der Waals surface area contributed by atoms with E-state index >= 15 is 0 Å². The van der Waals surface area contributed by atoms with Crippen molar-refractivity contribution in [3.63, 3.8) is 0 Å². The lowest BCUT2D eigenvalue weighted by Gasteiger charge is -2.29. The molecule has 0 bridgehead atoms. The molecule has 0 N–H and O–H groups in total. The first-order valence-electron chi connectivity index (χ1n) is 8.49. The van der Waals surface area contributed by atoms with Crippen LogP contribution in [0, 0.1) is 0 Å². The molecule has 1 atom stereocenters. The molecule has 0 aliphatic carbocycles. The van der Waals surface area contributed by atoms with Gasteiger partial charge in [-0.05, 0) is 30.3 Å². The molecule has 1 aliphatic heterocycles. The third-order valence-corrected chi connectivity index (χ3v) is 6.64. The molecule has 0 saturated carbocycles. The molecule has 0 fully saturated rings. The maximum atomic E-state index is 13.0. The van der Waals surface area contributed by atoms with E-state index in [4.69, 9.17) is 16.3 Å². The molecular weight excluding hydrogens is 404 g/mol. The molecular formula is C18H17ClN4O4S. The number of fused-ring (bicyclic) bond motifs is 1. The first-order valence-corrected chi connectivity index (χ1v) is 10.3. The Hall–Kier alpha value is -2.46. The van der Waals surface area contributed by atoms with E-state index in [1.807, 2.05) is 0 Å². The van der Waals surface area contributed by atoms with Crippen LogP contribution in [-0.4, -0.2) is 36.9 Å². The van der Waals surface area contributed by atoms with Crippen LogP contribution in [0.15, 0.2) is 58.2 Å². The van der Waals surface area contributed by atoms with E-state index in [2.05, 4.69) is 5.10 Å². The van der Waals surface area contributed by atoms with Gasteiger partial charge in [-0.25, -0.2) is 4.79 Å². The van der Waals surface area contributed by atoms with Crippen molar-refractivity contribution in [2.75, 3.05) is 13.7 Å². The molecule has 28 heavy (non-hydrogen) atoms. The summed E-state index contributed by atoms with van der Waals surface area (Å²) in [6.07, 6.45) is 0. The number of ether oxygens (including phenoxy) is 1. The van der Waals surface area contributed by atoms with Crippen molar-refractivity contribution in [1.82, 2.24) is 18.7 Å². The van der Waals surface area contributed by atoms with Gasteiger partial charge in [0.25, 0.3) is 0 Å². The van der Waals surface area contributed by atoms with E-state index in [0.29, 0.717) is 22.3 Å². The standard InChI is InChI=1S/C18H17ClN4O4S/c1-27-15-6-3-7-16(11-15)28(25,26)21-8-9-22-17(12-21)20-23(18(22)24)14-5-2-4-13(19)10-14/h2-7,10-11H,8-9,12H2,1H3. The largest absolute Gasteiger partial charge is 0.593 e. The van der Waals surface area contributed by atoms with Gasteiger partial charge in [0, 0.05) is 17.6 Å². The summed E-state index contributed by atoms with van der Waals surface area (Å²) in [4.78, 5) is 12.8. The lowest BCUT2D eigenvalue weighted by Crippen LogP contribution is -2.43. The summed E-state index contributed by atoms with van der Waals surface area (Å²) in [6, 6.07) is 13.1. The highest BCUT2D eigenvalue weighted by atomic mass is 35.5. The van der Waals surface area contributed by atoms with Crippen LogP contribution in [0.25, 0.3) is 5.69 Å². The minimum Gasteiger partial charge on any atom is -0.593 e. The number of halogens is 1. The Balaban J connectivity index is 1.67. The molecule has 0 radical (unpaired) electrons. The van der Waals surface area contributed by atoms with Gasteiger partial charge in [-0.3, -0.25) is 4.57 Å². The summed E-state index contributed by atoms with van der Waals surface area (Å²) in [5.74, 6) is 0.836. The van der Waals surface area contributed by atoms with Gasteiger partial charge >= 0.3 is 5.69 Å². The number of benzene rings is 2. The lowest BCUT2D eigenvalue weighted by atomic mass is 10.3. The van der Waals surface area contributed by atoms with E-state index in [1.54, 1.807) is 36.4 Å². The highest BCUT2D eigenvalue weighted by molar-refractivity contribution is 7.95. The summed E-state index contributed by atoms with van der Waals surface area (Å²) >= 11 is 6.00. The van der Waals surface area contributed by atoms with Crippen molar-refractivity contribution in [3.8, 4) is 11.4 Å². The third kappa shape index (κ3) is 3.26. The van der Waals surface area contributed by atoms with E-state index in [0.717, 1.165) is 0 Å². The van der Waals surface area contributed by atoms with Gasteiger partial charge in [0.1, 0.15) is 12.3 Å². The Morgan fingerprint density at radius 3 is 2.71 bits per heavy atom. The van der Waals surface area contributed by atoms with E-state index < -0.39 is 10.4 Å². The van der Waals surface area contributed by atoms with Gasteiger partial charge in [0.05, 0.1) is 19.3 Å². The molecule has 1 aromatic heterocycles. The molecule has 0 saturated heterocycles. The molecule has 1 unspecified atom stereocenters. The smallest absolute Gasteiger partial charge is 0.350 e. The molecule has 1 aliphatic rings. The predicted octanol–water partition coefficient (Wildman–Crippen LogP) is 2.12. The number of sulfonamides is 1. The molecule has 10 heteroatoms. The number of nitrogens with zero attached hydrogens (tertiary/aromatic N) is 4. The molecule has 146 valence electrons. The fraction of sp³-hybridized carbons (Fsp3) is 0.222. The van der Waals surface area contributed by atoms with E-state index in [1.165, 1.54) is 32.8 Å². The number of methoxy groups -OCH3 is 1. The van der Waals surface area contributed by atoms with Gasteiger partial charge < -0.3 is 9.29 Å². The van der Waals surface area contributed by atoms with Gasteiger partial charge in [0.2, 0.25) is 0 Å². The maximum Gasteiger partial charge on any atom is 0.350 e. The Morgan fingerprint density at radius 2 is 1.96 bits per heavy atom. The average Bonchev–Trinajstić information content (AvgIpc) is 3.04. The number of aromatic nitrogens is 3. The summed E-state index contributed by atoms with van der Waals surface area (Å²) in [5, 5.41) is 4.81. The Morgan fingerprint density at radius 1 is 1.18 bits per heavy atom. The second kappa shape index (κ2) is 7.17. The van der Waals surface area contributed by atoms with Gasteiger partial charge in [0.15, 0.2) is 21.1 Å². The minimum absolute atomic E-state index is 0.00233. The third-order valence-electron chi connectivity index (χ3n) is 4.56. The summed E-state index contributed by atoms with van der Waals surface area (Å²) in [5.41, 5.74) is 0.206. The number of hydrogen-bond donors (Lipinski definition) is 0. The highest BCUT2D eigenvalue weighted by Gasteiger charge is 2.35. The quantitative estimate of drug-likeness (QED) is 0.603. The second-order valence-corrected chi connectivity index (χ2v) is 8.63. The lowest BCUT2D eigenvalue weighted by molar-refractivity contribution is 0.299. The first kappa shape index (κ1) is 18.9. The Kier molecular flexibility index (Phi) is 4.84. The van der Waals surface area contributed by atoms with Crippen LogP contribution in [-0.2, 0) is 27.7 Å². The van der Waals surface area contributed by atoms with E-state index in [-0.39, 0.29) is 30.2 Å². The average molecular weight is 421 g/mol. The molecule has 4 rings (SSSR count). The van der Waals surface area contributed by atoms with Crippen LogP contribution in [0.1, 0.15) is 5.82 Å². The monoisotopic (exact) mass is 420 g/mol. The Bertz CT molecular complexity index is 1140. The maximum absolute atomic E-state index is 13.0. The Labute approximate surface area is 167 Å². The topological polar surface area (TPSA) is 92.4 Å². The molecule has 0 amide bonds. The molecule has 0 spiro atoms. The van der Waals surface area contributed by atoms with Crippen molar-refractivity contribution in [1.29, 1.82) is 0 Å². The highest BCUT2D eigenvalue weighted by Crippen LogP contribution is 2.27. The zero-order valence-electron chi connectivity index (χ0n) is 14.9. The molecule has 2 aromatic carbocycles. The van der Waals surface area contributed by atoms with E-state index in [9.17, 15) is 13.6 Å². The van der Waals surface area contributed by atoms with Gasteiger partial charge in [-0.1, -0.05) is 27.9 Å². The SMILES string of the molecule is COc1cccc([S+](=O)([O-])N2CCn3c(nn(-c4cccc(Cl)c4)c3=O)C2)c1. The fourth-order valence-electron chi connectivity index (χ4n) is 3.12. The number of rotatable bonds is 4. The summed E-state index contributed by atoms with van der Waals surface area (Å²) < 4.78 is 35.2. The summed E-state index contributed by atoms with van der Waals surface area (Å²) in [6.45, 7) is 0.397. The van der Waals surface area contributed by atoms with Crippen molar-refractivity contribution >= 4 is 22.0 Å². The normalized spacial score (nSPS) is 16.4. The molecule has 2 heterocycles.